The van der Waals surface area contributed by atoms with Crippen molar-refractivity contribution in [2.45, 2.75) is 6.04 Å². The molecule has 0 aliphatic carbocycles. The average Bonchev–Trinajstić information content (AvgIpc) is 3.17. The summed E-state index contributed by atoms with van der Waals surface area (Å²) in [6.45, 7) is -0.623. The van der Waals surface area contributed by atoms with Crippen molar-refractivity contribution in [1.82, 2.24) is 5.16 Å². The zero-order valence-corrected chi connectivity index (χ0v) is 18.0. The first-order chi connectivity index (χ1) is 15.5. The topological polar surface area (TPSA) is 108 Å². The second-order valence-corrected chi connectivity index (χ2v) is 7.66. The standard InChI is InChI=1S/C23H17Cl2N3O4/c24-17-10-20-16(9-14(17)11-26-19(12-29)23(30)31)22(28-32-20)27-18-8-4-7-15(21(18)25)13-5-2-1-3-6-13/h1-11,19,29H,12H2,(H,27,28)(H,30,31)/t19-/m0/s1. The predicted octanol–water partition coefficient (Wildman–Crippen LogP) is 5.41. The lowest BCUT2D eigenvalue weighted by molar-refractivity contribution is -0.139. The van der Waals surface area contributed by atoms with E-state index < -0.39 is 18.6 Å². The Kier molecular flexibility index (Phi) is 6.41. The molecule has 0 saturated carbocycles. The van der Waals surface area contributed by atoms with E-state index in [-0.39, 0.29) is 0 Å². The molecule has 0 fully saturated rings. The van der Waals surface area contributed by atoms with Gasteiger partial charge in [-0.3, -0.25) is 4.99 Å². The molecule has 0 aliphatic rings. The summed E-state index contributed by atoms with van der Waals surface area (Å²) in [6.07, 6.45) is 1.30. The van der Waals surface area contributed by atoms with E-state index in [1.807, 2.05) is 48.5 Å². The van der Waals surface area contributed by atoms with Crippen LogP contribution in [0.15, 0.2) is 70.2 Å². The Labute approximate surface area is 192 Å². The van der Waals surface area contributed by atoms with Crippen LogP contribution in [0.1, 0.15) is 5.56 Å². The van der Waals surface area contributed by atoms with Crippen molar-refractivity contribution in [2.24, 2.45) is 4.99 Å². The molecule has 0 unspecified atom stereocenters. The highest BCUT2D eigenvalue weighted by atomic mass is 35.5. The molecule has 0 saturated heterocycles. The molecule has 7 nitrogen and oxygen atoms in total. The monoisotopic (exact) mass is 469 g/mol. The predicted molar refractivity (Wildman–Crippen MR) is 125 cm³/mol. The maximum Gasteiger partial charge on any atom is 0.330 e. The first-order valence-electron chi connectivity index (χ1n) is 9.54. The fourth-order valence-electron chi connectivity index (χ4n) is 3.12. The van der Waals surface area contributed by atoms with E-state index >= 15 is 0 Å². The molecule has 1 aromatic heterocycles. The fraction of sp³-hybridized carbons (Fsp3) is 0.0870. The number of aliphatic hydroxyl groups excluding tert-OH is 1. The summed E-state index contributed by atoms with van der Waals surface area (Å²) in [4.78, 5) is 15.0. The van der Waals surface area contributed by atoms with Gasteiger partial charge < -0.3 is 20.1 Å². The maximum atomic E-state index is 11.1. The van der Waals surface area contributed by atoms with Crippen molar-refractivity contribution in [3.63, 3.8) is 0 Å². The quantitative estimate of drug-likeness (QED) is 0.312. The molecule has 3 N–H and O–H groups in total. The van der Waals surface area contributed by atoms with E-state index in [0.29, 0.717) is 38.1 Å². The Morgan fingerprint density at radius 3 is 2.66 bits per heavy atom. The average molecular weight is 470 g/mol. The van der Waals surface area contributed by atoms with Crippen LogP contribution in [0, 0.1) is 0 Å². The zero-order chi connectivity index (χ0) is 22.7. The van der Waals surface area contributed by atoms with Crippen LogP contribution in [-0.4, -0.2) is 40.2 Å². The van der Waals surface area contributed by atoms with Gasteiger partial charge in [0, 0.05) is 23.4 Å². The molecular weight excluding hydrogens is 453 g/mol. The van der Waals surface area contributed by atoms with Gasteiger partial charge in [0.15, 0.2) is 17.4 Å². The van der Waals surface area contributed by atoms with E-state index in [4.69, 9.17) is 37.9 Å². The van der Waals surface area contributed by atoms with Crippen molar-refractivity contribution in [1.29, 1.82) is 0 Å². The van der Waals surface area contributed by atoms with Gasteiger partial charge in [-0.05, 0) is 17.7 Å². The molecule has 162 valence electrons. The summed E-state index contributed by atoms with van der Waals surface area (Å²) < 4.78 is 5.38. The van der Waals surface area contributed by atoms with Crippen LogP contribution < -0.4 is 5.32 Å². The van der Waals surface area contributed by atoms with Gasteiger partial charge in [-0.25, -0.2) is 4.79 Å². The van der Waals surface area contributed by atoms with Gasteiger partial charge in [-0.2, -0.15) is 0 Å². The number of aliphatic imine (C=N–C) groups is 1. The minimum absolute atomic E-state index is 0.301. The van der Waals surface area contributed by atoms with Crippen LogP contribution in [-0.2, 0) is 4.79 Å². The molecule has 3 aromatic carbocycles. The van der Waals surface area contributed by atoms with E-state index in [0.717, 1.165) is 11.1 Å². The van der Waals surface area contributed by atoms with Crippen LogP contribution >= 0.6 is 23.2 Å². The van der Waals surface area contributed by atoms with E-state index in [1.54, 1.807) is 12.1 Å². The third kappa shape index (κ3) is 4.45. The number of benzene rings is 3. The molecule has 0 aliphatic heterocycles. The molecule has 4 aromatic rings. The first kappa shape index (κ1) is 21.8. The van der Waals surface area contributed by atoms with Gasteiger partial charge in [0.2, 0.25) is 0 Å². The van der Waals surface area contributed by atoms with Gasteiger partial charge in [0.25, 0.3) is 0 Å². The van der Waals surface area contributed by atoms with E-state index in [9.17, 15) is 4.79 Å². The largest absolute Gasteiger partial charge is 0.480 e. The number of fused-ring (bicyclic) bond motifs is 1. The number of rotatable bonds is 7. The molecule has 0 spiro atoms. The van der Waals surface area contributed by atoms with Gasteiger partial charge in [-0.1, -0.05) is 70.8 Å². The fourth-order valence-corrected chi connectivity index (χ4v) is 3.61. The van der Waals surface area contributed by atoms with E-state index in [2.05, 4.69) is 15.5 Å². The number of aliphatic hydroxyl groups is 1. The van der Waals surface area contributed by atoms with Crippen LogP contribution in [0.2, 0.25) is 10.0 Å². The number of aliphatic carboxylic acids is 1. The number of carboxylic acids is 1. The maximum absolute atomic E-state index is 11.1. The third-order valence-electron chi connectivity index (χ3n) is 4.78. The minimum atomic E-state index is -1.28. The highest BCUT2D eigenvalue weighted by Crippen LogP contribution is 2.37. The number of hydrogen-bond donors (Lipinski definition) is 3. The van der Waals surface area contributed by atoms with Crippen molar-refractivity contribution >= 4 is 57.9 Å². The molecule has 0 radical (unpaired) electrons. The number of anilines is 2. The molecular formula is C23H17Cl2N3O4. The molecule has 0 bridgehead atoms. The first-order valence-corrected chi connectivity index (χ1v) is 10.3. The second kappa shape index (κ2) is 9.40. The second-order valence-electron chi connectivity index (χ2n) is 6.87. The normalized spacial score (nSPS) is 12.3. The lowest BCUT2D eigenvalue weighted by Gasteiger charge is -2.10. The molecule has 9 heteroatoms. The minimum Gasteiger partial charge on any atom is -0.480 e. The summed E-state index contributed by atoms with van der Waals surface area (Å²) in [5.74, 6) is -0.823. The SMILES string of the molecule is O=C(O)[C@H](CO)N=Cc1cc2c(Nc3cccc(-c4ccccc4)c3Cl)noc2cc1Cl. The summed E-state index contributed by atoms with van der Waals surface area (Å²) >= 11 is 12.9. The Morgan fingerprint density at radius 1 is 1.16 bits per heavy atom. The summed E-state index contributed by atoms with van der Waals surface area (Å²) in [5.41, 5.74) is 3.37. The number of carboxylic acid groups (broad SMARTS) is 1. The number of carbonyl (C=O) groups is 1. The van der Waals surface area contributed by atoms with Gasteiger partial charge in [0.05, 0.1) is 27.7 Å². The van der Waals surface area contributed by atoms with Gasteiger partial charge in [-0.15, -0.1) is 0 Å². The highest BCUT2D eigenvalue weighted by Gasteiger charge is 2.16. The Morgan fingerprint density at radius 2 is 1.94 bits per heavy atom. The summed E-state index contributed by atoms with van der Waals surface area (Å²) in [7, 11) is 0. The molecule has 0 amide bonds. The molecule has 4 rings (SSSR count). The Balaban J connectivity index is 1.69. The molecule has 1 heterocycles. The number of hydrogen-bond acceptors (Lipinski definition) is 6. The number of halogens is 2. The van der Waals surface area contributed by atoms with Gasteiger partial charge in [0.1, 0.15) is 0 Å². The van der Waals surface area contributed by atoms with Crippen LogP contribution in [0.25, 0.3) is 22.1 Å². The van der Waals surface area contributed by atoms with Crippen molar-refractivity contribution in [3.05, 3.63) is 76.3 Å². The van der Waals surface area contributed by atoms with Crippen molar-refractivity contribution in [2.75, 3.05) is 11.9 Å². The number of nitrogens with zero attached hydrogens (tertiary/aromatic N) is 2. The molecule has 32 heavy (non-hydrogen) atoms. The van der Waals surface area contributed by atoms with E-state index in [1.165, 1.54) is 6.21 Å². The zero-order valence-electron chi connectivity index (χ0n) is 16.5. The number of nitrogens with one attached hydrogen (secondary N) is 1. The lowest BCUT2D eigenvalue weighted by Crippen LogP contribution is -2.22. The Hall–Kier alpha value is -3.39. The molecule has 1 atom stereocenters. The third-order valence-corrected chi connectivity index (χ3v) is 5.51. The smallest absolute Gasteiger partial charge is 0.330 e. The number of aromatic nitrogens is 1. The lowest BCUT2D eigenvalue weighted by atomic mass is 10.0. The van der Waals surface area contributed by atoms with Crippen molar-refractivity contribution in [3.8, 4) is 11.1 Å². The highest BCUT2D eigenvalue weighted by molar-refractivity contribution is 6.36. The van der Waals surface area contributed by atoms with Gasteiger partial charge >= 0.3 is 5.97 Å². The summed E-state index contributed by atoms with van der Waals surface area (Å²) in [6, 6.07) is 17.4. The van der Waals surface area contributed by atoms with Crippen LogP contribution in [0.4, 0.5) is 11.5 Å². The van der Waals surface area contributed by atoms with Crippen LogP contribution in [0.3, 0.4) is 0 Å². The Bertz CT molecular complexity index is 1310. The van der Waals surface area contributed by atoms with Crippen molar-refractivity contribution < 1.29 is 19.5 Å². The summed E-state index contributed by atoms with van der Waals surface area (Å²) in [5, 5.41) is 26.9. The van der Waals surface area contributed by atoms with Crippen LogP contribution in [0.5, 0.6) is 0 Å².